The van der Waals surface area contributed by atoms with Gasteiger partial charge in [0.1, 0.15) is 0 Å². The zero-order valence-electron chi connectivity index (χ0n) is 11.3. The first kappa shape index (κ1) is 14.7. The van der Waals surface area contributed by atoms with E-state index in [9.17, 15) is 0 Å². The molecule has 0 spiro atoms. The number of nitrogens with one attached hydrogen (secondary N) is 1. The average molecular weight is 343 g/mol. The van der Waals surface area contributed by atoms with Crippen molar-refractivity contribution in [2.75, 3.05) is 6.54 Å². The van der Waals surface area contributed by atoms with Gasteiger partial charge < -0.3 is 5.32 Å². The Bertz CT molecular complexity index is 508. The average Bonchev–Trinajstić information content (AvgIpc) is 2.98. The second kappa shape index (κ2) is 7.17. The van der Waals surface area contributed by atoms with Crippen molar-refractivity contribution in [2.45, 2.75) is 39.3 Å². The molecule has 104 valence electrons. The first-order valence-corrected chi connectivity index (χ1v) is 8.13. The Morgan fingerprint density at radius 3 is 2.95 bits per heavy atom. The maximum atomic E-state index is 4.43. The molecule has 0 fully saturated rings. The highest BCUT2D eigenvalue weighted by atomic mass is 79.9. The van der Waals surface area contributed by atoms with Gasteiger partial charge in [-0.2, -0.15) is 5.10 Å². The number of thiazole rings is 1. The van der Waals surface area contributed by atoms with Crippen LogP contribution in [0, 0.1) is 0 Å². The third-order valence-corrected chi connectivity index (χ3v) is 4.46. The molecule has 2 rings (SSSR count). The first-order chi connectivity index (χ1) is 9.17. The lowest BCUT2D eigenvalue weighted by atomic mass is 10.3. The van der Waals surface area contributed by atoms with Crippen LogP contribution in [0.1, 0.15) is 23.7 Å². The molecule has 1 N–H and O–H groups in total. The highest BCUT2D eigenvalue weighted by molar-refractivity contribution is 9.10. The van der Waals surface area contributed by atoms with E-state index in [1.54, 1.807) is 0 Å². The molecule has 6 heteroatoms. The zero-order chi connectivity index (χ0) is 13.7. The third-order valence-electron chi connectivity index (χ3n) is 2.84. The zero-order valence-corrected chi connectivity index (χ0v) is 13.7. The van der Waals surface area contributed by atoms with Gasteiger partial charge in [-0.25, -0.2) is 4.98 Å². The van der Waals surface area contributed by atoms with E-state index in [-0.39, 0.29) is 0 Å². The van der Waals surface area contributed by atoms with Crippen molar-refractivity contribution in [3.63, 3.8) is 0 Å². The molecule has 4 nitrogen and oxygen atoms in total. The molecular formula is C13H19BrN4S. The Kier molecular flexibility index (Phi) is 5.54. The predicted octanol–water partition coefficient (Wildman–Crippen LogP) is 2.89. The van der Waals surface area contributed by atoms with E-state index in [4.69, 9.17) is 0 Å². The molecule has 2 aromatic heterocycles. The van der Waals surface area contributed by atoms with E-state index in [1.807, 2.05) is 34.6 Å². The Morgan fingerprint density at radius 1 is 1.47 bits per heavy atom. The van der Waals surface area contributed by atoms with Crippen molar-refractivity contribution in [1.29, 1.82) is 0 Å². The Hall–Kier alpha value is -0.720. The topological polar surface area (TPSA) is 42.7 Å². The summed E-state index contributed by atoms with van der Waals surface area (Å²) in [4.78, 5) is 5.79. The first-order valence-electron chi connectivity index (χ1n) is 6.52. The van der Waals surface area contributed by atoms with Crippen LogP contribution in [0.15, 0.2) is 23.1 Å². The summed E-state index contributed by atoms with van der Waals surface area (Å²) in [5, 5.41) is 8.98. The van der Waals surface area contributed by atoms with Crippen molar-refractivity contribution >= 4 is 27.3 Å². The van der Waals surface area contributed by atoms with E-state index in [1.165, 1.54) is 9.88 Å². The molecule has 2 aromatic rings. The van der Waals surface area contributed by atoms with Crippen LogP contribution >= 0.6 is 27.3 Å². The Morgan fingerprint density at radius 2 is 2.32 bits per heavy atom. The lowest BCUT2D eigenvalue weighted by Crippen LogP contribution is -2.32. The smallest absolute Gasteiger partial charge is 0.0940 e. The maximum absolute atomic E-state index is 4.43. The summed E-state index contributed by atoms with van der Waals surface area (Å²) in [7, 11) is 0. The SMILES string of the molecule is CCc1cnc(CCNC(C)Cn2cc(Br)cn2)s1. The second-order valence-corrected chi connectivity index (χ2v) is 6.68. The van der Waals surface area contributed by atoms with Crippen molar-refractivity contribution in [2.24, 2.45) is 0 Å². The Balaban J connectivity index is 1.70. The van der Waals surface area contributed by atoms with Crippen molar-refractivity contribution in [3.05, 3.63) is 32.9 Å². The van der Waals surface area contributed by atoms with Crippen LogP contribution in [-0.2, 0) is 19.4 Å². The highest BCUT2D eigenvalue weighted by Crippen LogP contribution is 2.13. The second-order valence-electron chi connectivity index (χ2n) is 4.56. The minimum atomic E-state index is 0.400. The van der Waals surface area contributed by atoms with Crippen LogP contribution in [0.4, 0.5) is 0 Å². The van der Waals surface area contributed by atoms with Crippen LogP contribution in [0.3, 0.4) is 0 Å². The maximum Gasteiger partial charge on any atom is 0.0940 e. The molecule has 0 saturated carbocycles. The number of aromatic nitrogens is 3. The lowest BCUT2D eigenvalue weighted by molar-refractivity contribution is 0.454. The van der Waals surface area contributed by atoms with Gasteiger partial charge >= 0.3 is 0 Å². The highest BCUT2D eigenvalue weighted by Gasteiger charge is 2.05. The van der Waals surface area contributed by atoms with Crippen LogP contribution in [0.2, 0.25) is 0 Å². The standard InChI is InChI=1S/C13H19BrN4S/c1-3-12-7-16-13(19-12)4-5-15-10(2)8-18-9-11(14)6-17-18/h6-7,9-10,15H,3-5,8H2,1-2H3. The van der Waals surface area contributed by atoms with Gasteiger partial charge in [-0.05, 0) is 29.3 Å². The largest absolute Gasteiger partial charge is 0.312 e. The van der Waals surface area contributed by atoms with Crippen LogP contribution in [0.25, 0.3) is 0 Å². The van der Waals surface area contributed by atoms with Gasteiger partial charge in [0.25, 0.3) is 0 Å². The summed E-state index contributed by atoms with van der Waals surface area (Å²) < 4.78 is 2.97. The van der Waals surface area contributed by atoms with E-state index >= 15 is 0 Å². The van der Waals surface area contributed by atoms with Crippen molar-refractivity contribution in [1.82, 2.24) is 20.1 Å². The normalized spacial score (nSPS) is 12.8. The fourth-order valence-electron chi connectivity index (χ4n) is 1.84. The number of hydrogen-bond acceptors (Lipinski definition) is 4. The molecule has 2 heterocycles. The molecule has 1 atom stereocenters. The number of aryl methyl sites for hydroxylation is 1. The number of rotatable bonds is 7. The molecular weight excluding hydrogens is 324 g/mol. The fourth-order valence-corrected chi connectivity index (χ4v) is 3.03. The quantitative estimate of drug-likeness (QED) is 0.841. The van der Waals surface area contributed by atoms with Gasteiger partial charge in [-0.1, -0.05) is 6.92 Å². The molecule has 0 aliphatic rings. The fraction of sp³-hybridized carbons (Fsp3) is 0.538. The van der Waals surface area contributed by atoms with E-state index < -0.39 is 0 Å². The van der Waals surface area contributed by atoms with Gasteiger partial charge in [-0.15, -0.1) is 11.3 Å². The Labute approximate surface area is 126 Å². The molecule has 0 saturated heterocycles. The van der Waals surface area contributed by atoms with E-state index in [0.717, 1.165) is 30.4 Å². The van der Waals surface area contributed by atoms with E-state index in [2.05, 4.69) is 45.2 Å². The number of nitrogens with zero attached hydrogens (tertiary/aromatic N) is 3. The molecule has 19 heavy (non-hydrogen) atoms. The van der Waals surface area contributed by atoms with Crippen LogP contribution in [0.5, 0.6) is 0 Å². The number of hydrogen-bond donors (Lipinski definition) is 1. The summed E-state index contributed by atoms with van der Waals surface area (Å²) in [6.07, 6.45) is 7.87. The van der Waals surface area contributed by atoms with E-state index in [0.29, 0.717) is 6.04 Å². The van der Waals surface area contributed by atoms with Crippen molar-refractivity contribution in [3.8, 4) is 0 Å². The minimum absolute atomic E-state index is 0.400. The van der Waals surface area contributed by atoms with Crippen LogP contribution < -0.4 is 5.32 Å². The van der Waals surface area contributed by atoms with Gasteiger partial charge in [0, 0.05) is 36.3 Å². The molecule has 0 aliphatic carbocycles. The molecule has 0 aromatic carbocycles. The van der Waals surface area contributed by atoms with Gasteiger partial charge in [0.2, 0.25) is 0 Å². The molecule has 0 aliphatic heterocycles. The summed E-state index contributed by atoms with van der Waals surface area (Å²) in [6.45, 7) is 6.18. The lowest BCUT2D eigenvalue weighted by Gasteiger charge is -2.13. The summed E-state index contributed by atoms with van der Waals surface area (Å²) in [5.41, 5.74) is 0. The summed E-state index contributed by atoms with van der Waals surface area (Å²) in [6, 6.07) is 0.400. The van der Waals surface area contributed by atoms with Gasteiger partial charge in [0.05, 0.1) is 22.2 Å². The molecule has 0 bridgehead atoms. The molecule has 0 radical (unpaired) electrons. The summed E-state index contributed by atoms with van der Waals surface area (Å²) in [5.74, 6) is 0. The summed E-state index contributed by atoms with van der Waals surface area (Å²) >= 11 is 5.22. The predicted molar refractivity (Wildman–Crippen MR) is 82.6 cm³/mol. The molecule has 1 unspecified atom stereocenters. The van der Waals surface area contributed by atoms with Crippen LogP contribution in [-0.4, -0.2) is 27.4 Å². The monoisotopic (exact) mass is 342 g/mol. The molecule has 0 amide bonds. The third kappa shape index (κ3) is 4.71. The van der Waals surface area contributed by atoms with Crippen molar-refractivity contribution < 1.29 is 0 Å². The minimum Gasteiger partial charge on any atom is -0.312 e. The number of halogens is 1. The van der Waals surface area contributed by atoms with Gasteiger partial charge in [-0.3, -0.25) is 4.68 Å². The van der Waals surface area contributed by atoms with Gasteiger partial charge in [0.15, 0.2) is 0 Å².